The van der Waals surface area contributed by atoms with Crippen molar-refractivity contribution in [3.05, 3.63) is 82.1 Å². The summed E-state index contributed by atoms with van der Waals surface area (Å²) in [6.45, 7) is 1.99. The number of nitrogens with zero attached hydrogens (tertiary/aromatic N) is 5. The predicted molar refractivity (Wildman–Crippen MR) is 115 cm³/mol. The molecule has 3 aromatic heterocycles. The largest absolute Gasteiger partial charge is 0.346 e. The number of hydrogen-bond donors (Lipinski definition) is 2. The summed E-state index contributed by atoms with van der Waals surface area (Å²) in [5, 5.41) is 3.97. The minimum atomic E-state index is -0.184. The lowest BCUT2D eigenvalue weighted by Crippen LogP contribution is -2.19. The van der Waals surface area contributed by atoms with E-state index in [-0.39, 0.29) is 11.7 Å². The van der Waals surface area contributed by atoms with Gasteiger partial charge >= 0.3 is 5.69 Å². The first-order valence-electron chi connectivity index (χ1n) is 9.78. The van der Waals surface area contributed by atoms with E-state index < -0.39 is 0 Å². The Labute approximate surface area is 177 Å². The molecule has 1 aromatic carbocycles. The zero-order chi connectivity index (χ0) is 20.7. The van der Waals surface area contributed by atoms with E-state index in [9.17, 15) is 4.79 Å². The highest BCUT2D eigenvalue weighted by Crippen LogP contribution is 2.39. The first kappa shape index (κ1) is 18.6. The molecule has 152 valence electrons. The number of halogens is 1. The molecule has 0 spiro atoms. The van der Waals surface area contributed by atoms with E-state index in [0.29, 0.717) is 22.7 Å². The Morgan fingerprint density at radius 3 is 2.77 bits per heavy atom. The van der Waals surface area contributed by atoms with Crippen LogP contribution >= 0.6 is 11.6 Å². The SMILES string of the molecule is C[C@H](Nc1nccc(-n2c(C3CC3)c[nH]c2=O)n1)c1cn(-c2ccc(Cl)cc2)cn1. The van der Waals surface area contributed by atoms with Crippen molar-refractivity contribution in [1.82, 2.24) is 29.1 Å². The lowest BCUT2D eigenvalue weighted by molar-refractivity contribution is 0.813. The van der Waals surface area contributed by atoms with Gasteiger partial charge in [-0.15, -0.1) is 0 Å². The number of imidazole rings is 2. The summed E-state index contributed by atoms with van der Waals surface area (Å²) in [4.78, 5) is 28.4. The van der Waals surface area contributed by atoms with E-state index in [1.165, 1.54) is 0 Å². The molecule has 0 aliphatic heterocycles. The molecule has 1 aliphatic rings. The molecule has 0 amide bonds. The van der Waals surface area contributed by atoms with E-state index in [2.05, 4.69) is 25.3 Å². The summed E-state index contributed by atoms with van der Waals surface area (Å²) in [5.74, 6) is 1.42. The number of anilines is 1. The van der Waals surface area contributed by atoms with Gasteiger partial charge in [-0.3, -0.25) is 0 Å². The minimum absolute atomic E-state index is 0.125. The molecular formula is C21H20ClN7O. The lowest BCUT2D eigenvalue weighted by Gasteiger charge is -2.13. The Balaban J connectivity index is 1.37. The number of rotatable bonds is 6. The number of H-pyrrole nitrogens is 1. The van der Waals surface area contributed by atoms with E-state index in [1.807, 2.05) is 42.0 Å². The monoisotopic (exact) mass is 421 g/mol. The third kappa shape index (κ3) is 3.61. The van der Waals surface area contributed by atoms with Crippen molar-refractivity contribution in [2.45, 2.75) is 31.7 Å². The average Bonchev–Trinajstić information content (AvgIpc) is 3.33. The smallest absolute Gasteiger partial charge is 0.331 e. The van der Waals surface area contributed by atoms with E-state index >= 15 is 0 Å². The summed E-state index contributed by atoms with van der Waals surface area (Å²) in [6.07, 6.45) is 9.34. The van der Waals surface area contributed by atoms with Gasteiger partial charge in [0.1, 0.15) is 5.82 Å². The molecule has 5 rings (SSSR count). The molecular weight excluding hydrogens is 402 g/mol. The van der Waals surface area contributed by atoms with Crippen LogP contribution in [0, 0.1) is 0 Å². The lowest BCUT2D eigenvalue weighted by atomic mass is 10.2. The first-order valence-corrected chi connectivity index (χ1v) is 10.2. The number of benzene rings is 1. The Bertz CT molecular complexity index is 1240. The Hall–Kier alpha value is -3.39. The second-order valence-corrected chi connectivity index (χ2v) is 7.85. The van der Waals surface area contributed by atoms with Crippen LogP contribution < -0.4 is 11.0 Å². The van der Waals surface area contributed by atoms with Gasteiger partial charge < -0.3 is 14.9 Å². The highest BCUT2D eigenvalue weighted by Gasteiger charge is 2.28. The van der Waals surface area contributed by atoms with Crippen LogP contribution in [0.3, 0.4) is 0 Å². The zero-order valence-electron chi connectivity index (χ0n) is 16.3. The molecule has 2 N–H and O–H groups in total. The van der Waals surface area contributed by atoms with Crippen molar-refractivity contribution in [2.24, 2.45) is 0 Å². The molecule has 0 unspecified atom stereocenters. The van der Waals surface area contributed by atoms with Crippen molar-refractivity contribution in [3.63, 3.8) is 0 Å². The molecule has 8 nitrogen and oxygen atoms in total. The van der Waals surface area contributed by atoms with Gasteiger partial charge in [0, 0.05) is 47.0 Å². The van der Waals surface area contributed by atoms with Crippen molar-refractivity contribution in [1.29, 1.82) is 0 Å². The summed E-state index contributed by atoms with van der Waals surface area (Å²) < 4.78 is 3.56. The molecule has 1 saturated carbocycles. The highest BCUT2D eigenvalue weighted by molar-refractivity contribution is 6.30. The van der Waals surface area contributed by atoms with Crippen LogP contribution in [0.5, 0.6) is 0 Å². The molecule has 4 aromatic rings. The molecule has 30 heavy (non-hydrogen) atoms. The summed E-state index contributed by atoms with van der Waals surface area (Å²) in [7, 11) is 0. The minimum Gasteiger partial charge on any atom is -0.346 e. The third-order valence-corrected chi connectivity index (χ3v) is 5.44. The molecule has 0 bridgehead atoms. The summed E-state index contributed by atoms with van der Waals surface area (Å²) >= 11 is 5.96. The maximum Gasteiger partial charge on any atom is 0.331 e. The molecule has 1 aliphatic carbocycles. The molecule has 9 heteroatoms. The van der Waals surface area contributed by atoms with Crippen molar-refractivity contribution >= 4 is 17.5 Å². The van der Waals surface area contributed by atoms with Crippen molar-refractivity contribution in [2.75, 3.05) is 5.32 Å². The van der Waals surface area contributed by atoms with Gasteiger partial charge in [0.05, 0.1) is 18.1 Å². The quantitative estimate of drug-likeness (QED) is 0.493. The Morgan fingerprint density at radius 1 is 1.20 bits per heavy atom. The Kier molecular flexibility index (Phi) is 4.63. The van der Waals surface area contributed by atoms with Gasteiger partial charge in [-0.2, -0.15) is 4.98 Å². The predicted octanol–water partition coefficient (Wildman–Crippen LogP) is 3.85. The van der Waals surface area contributed by atoms with Crippen molar-refractivity contribution < 1.29 is 0 Å². The average molecular weight is 422 g/mol. The van der Waals surface area contributed by atoms with E-state index in [4.69, 9.17) is 11.6 Å². The molecule has 3 heterocycles. The number of nitrogens with one attached hydrogen (secondary N) is 2. The number of aromatic amines is 1. The van der Waals surface area contributed by atoms with Crippen LogP contribution in [0.15, 0.2) is 60.0 Å². The van der Waals surface area contributed by atoms with Crippen molar-refractivity contribution in [3.8, 4) is 11.5 Å². The van der Waals surface area contributed by atoms with Gasteiger partial charge in [0.2, 0.25) is 5.95 Å². The fourth-order valence-electron chi connectivity index (χ4n) is 3.42. The highest BCUT2D eigenvalue weighted by atomic mass is 35.5. The summed E-state index contributed by atoms with van der Waals surface area (Å²) in [6, 6.07) is 9.17. The second-order valence-electron chi connectivity index (χ2n) is 7.42. The number of hydrogen-bond acceptors (Lipinski definition) is 5. The second kappa shape index (κ2) is 7.46. The molecule has 1 fully saturated rings. The van der Waals surface area contributed by atoms with Gasteiger partial charge in [0.15, 0.2) is 0 Å². The topological polar surface area (TPSA) is 93.4 Å². The van der Waals surface area contributed by atoms with E-state index in [0.717, 1.165) is 29.9 Å². The van der Waals surface area contributed by atoms with Crippen LogP contribution in [-0.2, 0) is 0 Å². The molecule has 0 saturated heterocycles. The van der Waals surface area contributed by atoms with Crippen LogP contribution in [0.4, 0.5) is 5.95 Å². The van der Waals surface area contributed by atoms with Crippen LogP contribution in [0.2, 0.25) is 5.02 Å². The zero-order valence-corrected chi connectivity index (χ0v) is 17.0. The van der Waals surface area contributed by atoms with Gasteiger partial charge in [-0.05, 0) is 44.0 Å². The molecule has 0 radical (unpaired) electrons. The maximum atomic E-state index is 12.3. The standard InChI is InChI=1S/C21H20ClN7O/c1-13(17-11-28(12-25-17)16-6-4-15(22)5-7-16)26-20-23-9-8-19(27-20)29-18(14-2-3-14)10-24-21(29)30/h4-14H,2-3H2,1H3,(H,24,30)(H,23,26,27)/t13-/m0/s1. The molecule has 1 atom stereocenters. The van der Waals surface area contributed by atoms with Crippen LogP contribution in [-0.4, -0.2) is 29.1 Å². The number of aromatic nitrogens is 6. The fraction of sp³-hybridized carbons (Fsp3) is 0.238. The van der Waals surface area contributed by atoms with E-state index in [1.54, 1.807) is 29.4 Å². The fourth-order valence-corrected chi connectivity index (χ4v) is 3.55. The van der Waals surface area contributed by atoms with Gasteiger partial charge in [-0.1, -0.05) is 11.6 Å². The van der Waals surface area contributed by atoms with Gasteiger partial charge in [-0.25, -0.2) is 19.3 Å². The Morgan fingerprint density at radius 2 is 2.00 bits per heavy atom. The van der Waals surface area contributed by atoms with Gasteiger partial charge in [0.25, 0.3) is 0 Å². The normalized spacial score (nSPS) is 14.6. The first-order chi connectivity index (χ1) is 14.6. The summed E-state index contributed by atoms with van der Waals surface area (Å²) in [5.41, 5.74) is 2.61. The maximum absolute atomic E-state index is 12.3. The third-order valence-electron chi connectivity index (χ3n) is 5.19. The van der Waals surface area contributed by atoms with Crippen LogP contribution in [0.25, 0.3) is 11.5 Å². The van der Waals surface area contributed by atoms with Crippen LogP contribution in [0.1, 0.15) is 43.1 Å².